The van der Waals surface area contributed by atoms with E-state index in [0.717, 1.165) is 16.2 Å². The standard InChI is InChI=1S/C14H14O2S/c1-3-16-13-6-4-5-11(8-13)14(15)12-7-10(2)17-9-12/h4-9H,3H2,1-2H3. The minimum absolute atomic E-state index is 0.0518. The molecule has 0 N–H and O–H groups in total. The molecule has 0 spiro atoms. The zero-order chi connectivity index (χ0) is 12.3. The SMILES string of the molecule is CCOc1cccc(C(=O)c2csc(C)c2)c1. The fraction of sp³-hybridized carbons (Fsp3) is 0.214. The molecule has 0 atom stereocenters. The van der Waals surface area contributed by atoms with E-state index < -0.39 is 0 Å². The highest BCUT2D eigenvalue weighted by Crippen LogP contribution is 2.20. The van der Waals surface area contributed by atoms with Crippen molar-refractivity contribution < 1.29 is 9.53 Å². The zero-order valence-corrected chi connectivity index (χ0v) is 10.7. The van der Waals surface area contributed by atoms with Gasteiger partial charge < -0.3 is 4.74 Å². The molecule has 17 heavy (non-hydrogen) atoms. The van der Waals surface area contributed by atoms with E-state index in [1.165, 1.54) is 0 Å². The highest BCUT2D eigenvalue weighted by molar-refractivity contribution is 7.10. The molecule has 3 heteroatoms. The van der Waals surface area contributed by atoms with E-state index in [2.05, 4.69) is 0 Å². The summed E-state index contributed by atoms with van der Waals surface area (Å²) in [5.74, 6) is 0.793. The molecule has 0 amide bonds. The molecule has 0 radical (unpaired) electrons. The first-order chi connectivity index (χ1) is 8.20. The number of benzene rings is 1. The van der Waals surface area contributed by atoms with Crippen LogP contribution < -0.4 is 4.74 Å². The highest BCUT2D eigenvalue weighted by Gasteiger charge is 2.11. The molecule has 2 aromatic rings. The second-order valence-electron chi connectivity index (χ2n) is 3.74. The summed E-state index contributed by atoms with van der Waals surface area (Å²) in [5.41, 5.74) is 1.43. The predicted octanol–water partition coefficient (Wildman–Crippen LogP) is 3.69. The Bertz CT molecular complexity index is 529. The van der Waals surface area contributed by atoms with E-state index in [1.807, 2.05) is 43.5 Å². The van der Waals surface area contributed by atoms with E-state index in [4.69, 9.17) is 4.74 Å². The molecule has 1 heterocycles. The zero-order valence-electron chi connectivity index (χ0n) is 9.90. The van der Waals surface area contributed by atoms with Crippen molar-refractivity contribution in [1.82, 2.24) is 0 Å². The van der Waals surface area contributed by atoms with Gasteiger partial charge in [0.25, 0.3) is 0 Å². The number of hydrogen-bond acceptors (Lipinski definition) is 3. The molecule has 0 saturated heterocycles. The minimum Gasteiger partial charge on any atom is -0.494 e. The molecular formula is C14H14O2S. The molecule has 2 nitrogen and oxygen atoms in total. The Morgan fingerprint density at radius 3 is 2.76 bits per heavy atom. The monoisotopic (exact) mass is 246 g/mol. The average molecular weight is 246 g/mol. The van der Waals surface area contributed by atoms with Gasteiger partial charge in [0.2, 0.25) is 0 Å². The van der Waals surface area contributed by atoms with Crippen molar-refractivity contribution in [2.45, 2.75) is 13.8 Å². The summed E-state index contributed by atoms with van der Waals surface area (Å²) in [6.45, 7) is 4.53. The van der Waals surface area contributed by atoms with Crippen LogP contribution in [-0.4, -0.2) is 12.4 Å². The average Bonchev–Trinajstić information content (AvgIpc) is 2.76. The lowest BCUT2D eigenvalue weighted by Crippen LogP contribution is -2.00. The van der Waals surface area contributed by atoms with E-state index in [1.54, 1.807) is 17.4 Å². The van der Waals surface area contributed by atoms with Gasteiger partial charge in [0, 0.05) is 21.4 Å². The molecule has 0 aliphatic carbocycles. The van der Waals surface area contributed by atoms with Crippen molar-refractivity contribution >= 4 is 17.1 Å². The number of ketones is 1. The van der Waals surface area contributed by atoms with Gasteiger partial charge in [-0.15, -0.1) is 11.3 Å². The molecule has 2 rings (SSSR count). The van der Waals surface area contributed by atoms with E-state index >= 15 is 0 Å². The molecular weight excluding hydrogens is 232 g/mol. The quantitative estimate of drug-likeness (QED) is 0.769. The van der Waals surface area contributed by atoms with Gasteiger partial charge in [0.1, 0.15) is 5.75 Å². The van der Waals surface area contributed by atoms with Gasteiger partial charge in [-0.3, -0.25) is 4.79 Å². The van der Waals surface area contributed by atoms with Crippen molar-refractivity contribution in [3.63, 3.8) is 0 Å². The second kappa shape index (κ2) is 5.15. The number of aryl methyl sites for hydroxylation is 1. The van der Waals surface area contributed by atoms with Crippen LogP contribution in [0.3, 0.4) is 0 Å². The fourth-order valence-electron chi connectivity index (χ4n) is 1.62. The van der Waals surface area contributed by atoms with Crippen LogP contribution in [0.2, 0.25) is 0 Å². The van der Waals surface area contributed by atoms with Gasteiger partial charge in [-0.25, -0.2) is 0 Å². The Hall–Kier alpha value is -1.61. The lowest BCUT2D eigenvalue weighted by molar-refractivity contribution is 0.103. The third-order valence-electron chi connectivity index (χ3n) is 2.40. The number of ether oxygens (including phenoxy) is 1. The van der Waals surface area contributed by atoms with Crippen molar-refractivity contribution in [2.24, 2.45) is 0 Å². The summed E-state index contributed by atoms with van der Waals surface area (Å²) in [4.78, 5) is 13.3. The molecule has 0 saturated carbocycles. The van der Waals surface area contributed by atoms with Gasteiger partial charge in [-0.05, 0) is 32.0 Å². The van der Waals surface area contributed by atoms with Gasteiger partial charge in [-0.2, -0.15) is 0 Å². The molecule has 0 aliphatic heterocycles. The van der Waals surface area contributed by atoms with Crippen molar-refractivity contribution in [1.29, 1.82) is 0 Å². The van der Waals surface area contributed by atoms with Crippen molar-refractivity contribution in [3.05, 3.63) is 51.7 Å². The van der Waals surface area contributed by atoms with Crippen molar-refractivity contribution in [2.75, 3.05) is 6.61 Å². The first-order valence-corrected chi connectivity index (χ1v) is 6.41. The van der Waals surface area contributed by atoms with Gasteiger partial charge in [-0.1, -0.05) is 12.1 Å². The topological polar surface area (TPSA) is 26.3 Å². The first-order valence-electron chi connectivity index (χ1n) is 5.53. The lowest BCUT2D eigenvalue weighted by atomic mass is 10.1. The molecule has 0 aliphatic rings. The van der Waals surface area contributed by atoms with Gasteiger partial charge in [0.05, 0.1) is 6.61 Å². The number of rotatable bonds is 4. The van der Waals surface area contributed by atoms with Gasteiger partial charge >= 0.3 is 0 Å². The van der Waals surface area contributed by atoms with Crippen LogP contribution in [-0.2, 0) is 0 Å². The summed E-state index contributed by atoms with van der Waals surface area (Å²) in [6, 6.07) is 9.23. The second-order valence-corrected chi connectivity index (χ2v) is 4.85. The smallest absolute Gasteiger partial charge is 0.194 e. The summed E-state index contributed by atoms with van der Waals surface area (Å²) in [6.07, 6.45) is 0. The Labute approximate surface area is 105 Å². The predicted molar refractivity (Wildman–Crippen MR) is 70.1 cm³/mol. The summed E-state index contributed by atoms with van der Waals surface area (Å²) >= 11 is 1.59. The third-order valence-corrected chi connectivity index (χ3v) is 3.26. The normalized spacial score (nSPS) is 10.2. The molecule has 88 valence electrons. The highest BCUT2D eigenvalue weighted by atomic mass is 32.1. The van der Waals surface area contributed by atoms with Crippen LogP contribution in [0.5, 0.6) is 5.75 Å². The maximum Gasteiger partial charge on any atom is 0.194 e. The van der Waals surface area contributed by atoms with Crippen molar-refractivity contribution in [3.8, 4) is 5.75 Å². The van der Waals surface area contributed by atoms with Crippen LogP contribution in [0.15, 0.2) is 35.7 Å². The summed E-state index contributed by atoms with van der Waals surface area (Å²) in [5, 5.41) is 1.89. The molecule has 1 aromatic carbocycles. The lowest BCUT2D eigenvalue weighted by Gasteiger charge is -2.04. The summed E-state index contributed by atoms with van der Waals surface area (Å²) < 4.78 is 5.39. The maximum atomic E-state index is 12.2. The van der Waals surface area contributed by atoms with Crippen LogP contribution in [0, 0.1) is 6.92 Å². The molecule has 1 aromatic heterocycles. The number of carbonyl (C=O) groups excluding carboxylic acids is 1. The number of hydrogen-bond donors (Lipinski definition) is 0. The van der Waals surface area contributed by atoms with Crippen LogP contribution >= 0.6 is 11.3 Å². The van der Waals surface area contributed by atoms with E-state index in [-0.39, 0.29) is 5.78 Å². The van der Waals surface area contributed by atoms with Crippen LogP contribution in [0.1, 0.15) is 27.7 Å². The third kappa shape index (κ3) is 2.74. The Balaban J connectivity index is 2.27. The largest absolute Gasteiger partial charge is 0.494 e. The first kappa shape index (κ1) is 11.9. The Morgan fingerprint density at radius 2 is 2.12 bits per heavy atom. The molecule has 0 fully saturated rings. The van der Waals surface area contributed by atoms with E-state index in [9.17, 15) is 4.79 Å². The Morgan fingerprint density at radius 1 is 1.29 bits per heavy atom. The molecule has 0 bridgehead atoms. The summed E-state index contributed by atoms with van der Waals surface area (Å²) in [7, 11) is 0. The van der Waals surface area contributed by atoms with Crippen LogP contribution in [0.25, 0.3) is 0 Å². The number of carbonyl (C=O) groups is 1. The fourth-order valence-corrected chi connectivity index (χ4v) is 2.31. The molecule has 0 unspecified atom stereocenters. The maximum absolute atomic E-state index is 12.2. The van der Waals surface area contributed by atoms with Gasteiger partial charge in [0.15, 0.2) is 5.78 Å². The Kier molecular flexibility index (Phi) is 3.59. The van der Waals surface area contributed by atoms with E-state index in [0.29, 0.717) is 12.2 Å². The number of thiophene rings is 1. The minimum atomic E-state index is 0.0518. The van der Waals surface area contributed by atoms with Crippen LogP contribution in [0.4, 0.5) is 0 Å².